The molecule has 0 spiro atoms. The Kier molecular flexibility index (Phi) is 6.50. The van der Waals surface area contributed by atoms with Crippen LogP contribution in [0.4, 0.5) is 4.39 Å². The maximum Gasteiger partial charge on any atom is 0.127 e. The van der Waals surface area contributed by atoms with Crippen molar-refractivity contribution in [2.75, 3.05) is 6.54 Å². The van der Waals surface area contributed by atoms with E-state index in [1.54, 1.807) is 6.07 Å². The lowest BCUT2D eigenvalue weighted by Crippen LogP contribution is -2.33. The molecule has 1 aliphatic carbocycles. The number of halogens is 2. The monoisotopic (exact) mass is 341 g/mol. The van der Waals surface area contributed by atoms with Gasteiger partial charge in [0.2, 0.25) is 0 Å². The highest BCUT2D eigenvalue weighted by atomic mass is 79.9. The Hall–Kier alpha value is -0.410. The van der Waals surface area contributed by atoms with Gasteiger partial charge in [-0.3, -0.25) is 0 Å². The lowest BCUT2D eigenvalue weighted by Gasteiger charge is -2.27. The molecule has 1 aromatic rings. The van der Waals surface area contributed by atoms with Gasteiger partial charge in [-0.1, -0.05) is 61.0 Å². The number of benzene rings is 1. The van der Waals surface area contributed by atoms with E-state index in [0.29, 0.717) is 6.04 Å². The van der Waals surface area contributed by atoms with E-state index in [1.807, 2.05) is 12.1 Å². The van der Waals surface area contributed by atoms with Gasteiger partial charge in [-0.2, -0.15) is 0 Å². The predicted molar refractivity (Wildman–Crippen MR) is 86.5 cm³/mol. The first-order chi connectivity index (χ1) is 9.69. The normalized spacial score (nSPS) is 18.1. The average molecular weight is 342 g/mol. The van der Waals surface area contributed by atoms with Gasteiger partial charge in [0.05, 0.1) is 0 Å². The maximum absolute atomic E-state index is 14.0. The summed E-state index contributed by atoms with van der Waals surface area (Å²) in [6.07, 6.45) is 8.82. The van der Waals surface area contributed by atoms with E-state index in [9.17, 15) is 4.39 Å². The van der Waals surface area contributed by atoms with Crippen molar-refractivity contribution in [1.82, 2.24) is 5.32 Å². The predicted octanol–water partition coefficient (Wildman–Crippen LogP) is 5.08. The maximum atomic E-state index is 14.0. The number of hydrogen-bond donors (Lipinski definition) is 1. The first-order valence-electron chi connectivity index (χ1n) is 7.86. The molecule has 0 amide bonds. The van der Waals surface area contributed by atoms with Crippen molar-refractivity contribution in [3.05, 3.63) is 34.1 Å². The molecule has 112 valence electrons. The molecule has 0 saturated heterocycles. The van der Waals surface area contributed by atoms with Crippen molar-refractivity contribution in [2.45, 2.75) is 57.9 Å². The van der Waals surface area contributed by atoms with Crippen molar-refractivity contribution in [3.8, 4) is 0 Å². The van der Waals surface area contributed by atoms with Crippen molar-refractivity contribution in [1.29, 1.82) is 0 Å². The zero-order valence-electron chi connectivity index (χ0n) is 12.3. The molecule has 0 aromatic heterocycles. The van der Waals surface area contributed by atoms with E-state index in [4.69, 9.17) is 0 Å². The third-order valence-corrected chi connectivity index (χ3v) is 4.81. The van der Waals surface area contributed by atoms with Gasteiger partial charge in [0.25, 0.3) is 0 Å². The number of hydrogen-bond acceptors (Lipinski definition) is 1. The van der Waals surface area contributed by atoms with Crippen LogP contribution in [0.5, 0.6) is 0 Å². The first kappa shape index (κ1) is 16.0. The Morgan fingerprint density at radius 3 is 2.70 bits per heavy atom. The molecule has 0 bridgehead atoms. The average Bonchev–Trinajstić information content (AvgIpc) is 2.43. The van der Waals surface area contributed by atoms with E-state index < -0.39 is 0 Å². The highest BCUT2D eigenvalue weighted by Crippen LogP contribution is 2.28. The fraction of sp³-hybridized carbons (Fsp3) is 0.647. The van der Waals surface area contributed by atoms with E-state index in [1.165, 1.54) is 38.5 Å². The second-order valence-corrected chi connectivity index (χ2v) is 6.85. The van der Waals surface area contributed by atoms with E-state index >= 15 is 0 Å². The molecule has 1 N–H and O–H groups in total. The molecule has 1 aliphatic rings. The van der Waals surface area contributed by atoms with Crippen LogP contribution in [0, 0.1) is 11.7 Å². The molecule has 3 heteroatoms. The highest BCUT2D eigenvalue weighted by molar-refractivity contribution is 9.10. The summed E-state index contributed by atoms with van der Waals surface area (Å²) >= 11 is 3.32. The van der Waals surface area contributed by atoms with Gasteiger partial charge >= 0.3 is 0 Å². The molecular weight excluding hydrogens is 317 g/mol. The summed E-state index contributed by atoms with van der Waals surface area (Å²) in [4.78, 5) is 0. The molecule has 0 aliphatic heterocycles. The molecule has 1 aromatic carbocycles. The Balaban J connectivity index is 1.96. The Morgan fingerprint density at radius 1 is 1.30 bits per heavy atom. The molecule has 20 heavy (non-hydrogen) atoms. The van der Waals surface area contributed by atoms with Crippen LogP contribution in [-0.2, 0) is 6.42 Å². The molecule has 1 saturated carbocycles. The fourth-order valence-corrected chi connectivity index (χ4v) is 3.64. The summed E-state index contributed by atoms with van der Waals surface area (Å²) in [6.45, 7) is 3.08. The third kappa shape index (κ3) is 4.85. The molecular formula is C17H25BrFN. The first-order valence-corrected chi connectivity index (χ1v) is 8.65. The van der Waals surface area contributed by atoms with Gasteiger partial charge in [-0.15, -0.1) is 0 Å². The standard InChI is InChI=1S/C17H25BrFN/c1-2-20-16(10-13-6-4-3-5-7-13)11-14-8-9-15(18)12-17(14)19/h8-9,12-13,16,20H,2-7,10-11H2,1H3. The summed E-state index contributed by atoms with van der Waals surface area (Å²) in [5.74, 6) is 0.734. The SMILES string of the molecule is CCNC(Cc1ccc(Br)cc1F)CC1CCCCC1. The van der Waals surface area contributed by atoms with Gasteiger partial charge < -0.3 is 5.32 Å². The quantitative estimate of drug-likeness (QED) is 0.760. The second kappa shape index (κ2) is 8.14. The van der Waals surface area contributed by atoms with E-state index in [-0.39, 0.29) is 5.82 Å². The molecule has 1 atom stereocenters. The lowest BCUT2D eigenvalue weighted by atomic mass is 9.83. The zero-order chi connectivity index (χ0) is 14.4. The van der Waals surface area contributed by atoms with Crippen LogP contribution in [-0.4, -0.2) is 12.6 Å². The van der Waals surface area contributed by atoms with E-state index in [0.717, 1.165) is 28.9 Å². The van der Waals surface area contributed by atoms with Gasteiger partial charge in [0.15, 0.2) is 0 Å². The number of likely N-dealkylation sites (N-methyl/N-ethyl adjacent to an activating group) is 1. The van der Waals surface area contributed by atoms with Crippen LogP contribution >= 0.6 is 15.9 Å². The van der Waals surface area contributed by atoms with Crippen molar-refractivity contribution in [3.63, 3.8) is 0 Å². The van der Waals surface area contributed by atoms with Gasteiger partial charge in [0, 0.05) is 10.5 Å². The molecule has 0 heterocycles. The van der Waals surface area contributed by atoms with Gasteiger partial charge in [-0.05, 0) is 43.0 Å². The minimum Gasteiger partial charge on any atom is -0.314 e. The number of nitrogens with one attached hydrogen (secondary N) is 1. The molecule has 1 nitrogen and oxygen atoms in total. The van der Waals surface area contributed by atoms with E-state index in [2.05, 4.69) is 28.2 Å². The smallest absolute Gasteiger partial charge is 0.127 e. The molecule has 1 fully saturated rings. The van der Waals surface area contributed by atoms with Crippen molar-refractivity contribution < 1.29 is 4.39 Å². The summed E-state index contributed by atoms with van der Waals surface area (Å²) in [5.41, 5.74) is 0.829. The zero-order valence-corrected chi connectivity index (χ0v) is 13.9. The molecule has 2 rings (SSSR count). The minimum absolute atomic E-state index is 0.0917. The topological polar surface area (TPSA) is 12.0 Å². The van der Waals surface area contributed by atoms with Crippen LogP contribution in [0.15, 0.2) is 22.7 Å². The Bertz CT molecular complexity index is 415. The summed E-state index contributed by atoms with van der Waals surface area (Å²) < 4.78 is 14.8. The Labute approximate surface area is 130 Å². The van der Waals surface area contributed by atoms with Crippen molar-refractivity contribution >= 4 is 15.9 Å². The molecule has 0 radical (unpaired) electrons. The van der Waals surface area contributed by atoms with Crippen LogP contribution in [0.1, 0.15) is 51.0 Å². The van der Waals surface area contributed by atoms with Crippen molar-refractivity contribution in [2.24, 2.45) is 5.92 Å². The molecule has 1 unspecified atom stereocenters. The minimum atomic E-state index is -0.0917. The van der Waals surface area contributed by atoms with Gasteiger partial charge in [0.1, 0.15) is 5.82 Å². The Morgan fingerprint density at radius 2 is 2.05 bits per heavy atom. The van der Waals surface area contributed by atoms with Crippen LogP contribution in [0.2, 0.25) is 0 Å². The largest absolute Gasteiger partial charge is 0.314 e. The fourth-order valence-electron chi connectivity index (χ4n) is 3.31. The third-order valence-electron chi connectivity index (χ3n) is 4.32. The highest BCUT2D eigenvalue weighted by Gasteiger charge is 2.19. The summed E-state index contributed by atoms with van der Waals surface area (Å²) in [6, 6.07) is 5.81. The second-order valence-electron chi connectivity index (χ2n) is 5.93. The van der Waals surface area contributed by atoms with Crippen LogP contribution in [0.3, 0.4) is 0 Å². The van der Waals surface area contributed by atoms with Crippen LogP contribution in [0.25, 0.3) is 0 Å². The lowest BCUT2D eigenvalue weighted by molar-refractivity contribution is 0.297. The summed E-state index contributed by atoms with van der Waals surface area (Å²) in [7, 11) is 0. The number of rotatable bonds is 6. The van der Waals surface area contributed by atoms with Crippen LogP contribution < -0.4 is 5.32 Å². The summed E-state index contributed by atoms with van der Waals surface area (Å²) in [5, 5.41) is 3.54. The van der Waals surface area contributed by atoms with Gasteiger partial charge in [-0.25, -0.2) is 4.39 Å².